The van der Waals surface area contributed by atoms with E-state index in [0.717, 1.165) is 25.7 Å². The number of aromatic nitrogens is 2. The Morgan fingerprint density at radius 3 is 2.67 bits per heavy atom. The lowest BCUT2D eigenvalue weighted by atomic mass is 10.1. The summed E-state index contributed by atoms with van der Waals surface area (Å²) in [5.41, 5.74) is 19.4. The molecule has 174 valence electrons. The zero-order valence-electron chi connectivity index (χ0n) is 18.6. The quantitative estimate of drug-likeness (QED) is 0.248. The third-order valence-corrected chi connectivity index (χ3v) is 5.39. The van der Waals surface area contributed by atoms with Crippen molar-refractivity contribution in [2.75, 3.05) is 24.7 Å². The second-order valence-electron chi connectivity index (χ2n) is 7.73. The average Bonchev–Trinajstić information content (AvgIpc) is 3.33. The van der Waals surface area contributed by atoms with E-state index in [-0.39, 0.29) is 29.7 Å². The Kier molecular flexibility index (Phi) is 7.85. The molecule has 1 heterocycles. The zero-order chi connectivity index (χ0) is 23.8. The van der Waals surface area contributed by atoms with Crippen LogP contribution in [0.2, 0.25) is 0 Å². The molecule has 0 bridgehead atoms. The zero-order valence-corrected chi connectivity index (χ0v) is 18.6. The van der Waals surface area contributed by atoms with Crippen molar-refractivity contribution in [2.24, 2.45) is 11.5 Å². The molecule has 10 heteroatoms. The van der Waals surface area contributed by atoms with Gasteiger partial charge in [-0.1, -0.05) is 25.0 Å². The highest BCUT2D eigenvalue weighted by Gasteiger charge is 2.21. The number of allylic oxidation sites excluding steroid dienone is 3. The lowest BCUT2D eigenvalue weighted by Gasteiger charge is -2.17. The van der Waals surface area contributed by atoms with Crippen LogP contribution < -0.4 is 32.6 Å². The van der Waals surface area contributed by atoms with E-state index >= 15 is 0 Å². The minimum Gasteiger partial charge on any atom is -0.496 e. The van der Waals surface area contributed by atoms with E-state index in [0.29, 0.717) is 34.4 Å². The normalized spacial score (nSPS) is 14.7. The Labute approximate surface area is 192 Å². The predicted octanol–water partition coefficient (Wildman–Crippen LogP) is 1.90. The Balaban J connectivity index is 1.67. The average molecular weight is 451 g/mol. The molecule has 1 saturated carbocycles. The van der Waals surface area contributed by atoms with Crippen molar-refractivity contribution in [3.8, 4) is 5.75 Å². The number of nitrogen functional groups attached to an aromatic ring is 1. The van der Waals surface area contributed by atoms with Crippen LogP contribution in [-0.2, 0) is 0 Å². The third kappa shape index (κ3) is 6.00. The number of nitrogens with two attached hydrogens (primary N) is 3. The van der Waals surface area contributed by atoms with Gasteiger partial charge in [-0.05, 0) is 37.1 Å². The summed E-state index contributed by atoms with van der Waals surface area (Å²) in [4.78, 5) is 20.7. The fourth-order valence-electron chi connectivity index (χ4n) is 3.61. The summed E-state index contributed by atoms with van der Waals surface area (Å²) in [6.45, 7) is 0.0963. The summed E-state index contributed by atoms with van der Waals surface area (Å²) >= 11 is 0. The Morgan fingerprint density at radius 1 is 1.21 bits per heavy atom. The highest BCUT2D eigenvalue weighted by Crippen LogP contribution is 2.26. The van der Waals surface area contributed by atoms with Gasteiger partial charge in [0.1, 0.15) is 23.7 Å². The monoisotopic (exact) mass is 450 g/mol. The van der Waals surface area contributed by atoms with Crippen molar-refractivity contribution in [2.45, 2.75) is 31.7 Å². The third-order valence-electron chi connectivity index (χ3n) is 5.39. The number of benzene rings is 1. The van der Waals surface area contributed by atoms with Gasteiger partial charge in [-0.25, -0.2) is 9.97 Å². The summed E-state index contributed by atoms with van der Waals surface area (Å²) in [5, 5.41) is 14.6. The Hall–Kier alpha value is -4.08. The number of carbonyl (C=O) groups excluding carboxylic acids is 1. The van der Waals surface area contributed by atoms with Crippen LogP contribution in [0.15, 0.2) is 54.1 Å². The number of nitrogens with zero attached hydrogens (tertiary/aromatic N) is 2. The second kappa shape index (κ2) is 11.0. The van der Waals surface area contributed by atoms with Gasteiger partial charge in [0, 0.05) is 11.7 Å². The number of para-hydroxylation sites is 1. The van der Waals surface area contributed by atoms with Crippen LogP contribution in [0.3, 0.4) is 0 Å². The van der Waals surface area contributed by atoms with Crippen LogP contribution in [-0.4, -0.2) is 41.3 Å². The molecule has 1 amide bonds. The molecule has 1 aliphatic carbocycles. The van der Waals surface area contributed by atoms with Crippen molar-refractivity contribution >= 4 is 23.3 Å². The molecule has 0 aliphatic heterocycles. The molecular formula is C23H30N8O2. The van der Waals surface area contributed by atoms with E-state index in [1.54, 1.807) is 24.3 Å². The molecule has 1 aliphatic rings. The SMILES string of the molecule is COc1ccccc1C(=O)NC/C(N)=C/C=C(\N)C(=N)c1c(N)ncnc1NC1CCCC1. The Bertz CT molecular complexity index is 1070. The maximum absolute atomic E-state index is 12.4. The number of carbonyl (C=O) groups is 1. The molecular weight excluding hydrogens is 420 g/mol. The van der Waals surface area contributed by atoms with Gasteiger partial charge in [-0.2, -0.15) is 0 Å². The minimum atomic E-state index is -0.315. The largest absolute Gasteiger partial charge is 0.496 e. The van der Waals surface area contributed by atoms with Gasteiger partial charge in [-0.3, -0.25) is 10.2 Å². The molecule has 1 aromatic heterocycles. The lowest BCUT2D eigenvalue weighted by Crippen LogP contribution is -2.28. The molecule has 2 aromatic rings. The lowest BCUT2D eigenvalue weighted by molar-refractivity contribution is 0.0954. The molecule has 0 saturated heterocycles. The number of nitrogens with one attached hydrogen (secondary N) is 3. The summed E-state index contributed by atoms with van der Waals surface area (Å²) in [5.74, 6) is 0.829. The van der Waals surface area contributed by atoms with Crippen molar-refractivity contribution < 1.29 is 9.53 Å². The van der Waals surface area contributed by atoms with Crippen molar-refractivity contribution in [3.63, 3.8) is 0 Å². The van der Waals surface area contributed by atoms with Crippen LogP contribution in [0.25, 0.3) is 0 Å². The van der Waals surface area contributed by atoms with Gasteiger partial charge >= 0.3 is 0 Å². The molecule has 3 rings (SSSR count). The van der Waals surface area contributed by atoms with Gasteiger partial charge in [-0.15, -0.1) is 0 Å². The fraction of sp³-hybridized carbons (Fsp3) is 0.304. The summed E-state index contributed by atoms with van der Waals surface area (Å²) in [6.07, 6.45) is 8.81. The minimum absolute atomic E-state index is 0.00398. The molecule has 33 heavy (non-hydrogen) atoms. The van der Waals surface area contributed by atoms with E-state index in [9.17, 15) is 4.79 Å². The number of hydrogen-bond donors (Lipinski definition) is 6. The van der Waals surface area contributed by atoms with Crippen LogP contribution in [0.1, 0.15) is 41.6 Å². The molecule has 1 aromatic carbocycles. The number of rotatable bonds is 9. The predicted molar refractivity (Wildman–Crippen MR) is 129 cm³/mol. The van der Waals surface area contributed by atoms with Gasteiger partial charge in [0.05, 0.1) is 36.2 Å². The summed E-state index contributed by atoms with van der Waals surface area (Å²) in [7, 11) is 1.50. The first-order valence-corrected chi connectivity index (χ1v) is 10.7. The highest BCUT2D eigenvalue weighted by atomic mass is 16.5. The van der Waals surface area contributed by atoms with E-state index < -0.39 is 0 Å². The number of hydrogen-bond acceptors (Lipinski definition) is 9. The van der Waals surface area contributed by atoms with Gasteiger partial charge < -0.3 is 32.6 Å². The second-order valence-corrected chi connectivity index (χ2v) is 7.73. The van der Waals surface area contributed by atoms with E-state index in [1.807, 2.05) is 0 Å². The molecule has 0 radical (unpaired) electrons. The number of methoxy groups -OCH3 is 1. The molecule has 9 N–H and O–H groups in total. The van der Waals surface area contributed by atoms with E-state index in [2.05, 4.69) is 20.6 Å². The van der Waals surface area contributed by atoms with Crippen molar-refractivity contribution in [3.05, 3.63) is 65.3 Å². The molecule has 0 spiro atoms. The van der Waals surface area contributed by atoms with E-state index in [1.165, 1.54) is 25.6 Å². The molecule has 1 fully saturated rings. The maximum atomic E-state index is 12.4. The fourth-order valence-corrected chi connectivity index (χ4v) is 3.61. The number of anilines is 2. The van der Waals surface area contributed by atoms with Crippen molar-refractivity contribution in [1.82, 2.24) is 15.3 Å². The first kappa shape index (κ1) is 23.6. The van der Waals surface area contributed by atoms with Gasteiger partial charge in [0.15, 0.2) is 0 Å². The van der Waals surface area contributed by atoms with Crippen molar-refractivity contribution in [1.29, 1.82) is 5.41 Å². The standard InChI is InChI=1S/C23H30N8O2/c1-33-18-9-5-4-8-16(18)23(32)28-12-14(24)10-11-17(25)20(26)19-21(27)29-13-30-22(19)31-15-6-2-3-7-15/h4-5,8-11,13,15,26H,2-3,6-7,12,24-25H2,1H3,(H,28,32)(H3,27,29,30,31)/b14-10-,17-11-,26-20?. The summed E-state index contributed by atoms with van der Waals surface area (Å²) in [6, 6.07) is 7.19. The van der Waals surface area contributed by atoms with Crippen LogP contribution >= 0.6 is 0 Å². The molecule has 0 unspecified atom stereocenters. The number of amides is 1. The van der Waals surface area contributed by atoms with Gasteiger partial charge in [0.2, 0.25) is 0 Å². The highest BCUT2D eigenvalue weighted by molar-refractivity contribution is 6.15. The van der Waals surface area contributed by atoms with Gasteiger partial charge in [0.25, 0.3) is 5.91 Å². The van der Waals surface area contributed by atoms with Crippen LogP contribution in [0.5, 0.6) is 5.75 Å². The van der Waals surface area contributed by atoms with E-state index in [4.69, 9.17) is 27.3 Å². The Morgan fingerprint density at radius 2 is 1.94 bits per heavy atom. The first-order chi connectivity index (χ1) is 15.9. The topological polar surface area (TPSA) is 178 Å². The maximum Gasteiger partial charge on any atom is 0.255 e. The molecule has 10 nitrogen and oxygen atoms in total. The van der Waals surface area contributed by atoms with Crippen LogP contribution in [0, 0.1) is 5.41 Å². The smallest absolute Gasteiger partial charge is 0.255 e. The number of ether oxygens (including phenoxy) is 1. The molecule has 0 atom stereocenters. The van der Waals surface area contributed by atoms with Crippen LogP contribution in [0.4, 0.5) is 11.6 Å². The summed E-state index contributed by atoms with van der Waals surface area (Å²) < 4.78 is 5.20. The first-order valence-electron chi connectivity index (χ1n) is 10.7.